The Balaban J connectivity index is 1.56. The zero-order valence-electron chi connectivity index (χ0n) is 20.1. The van der Waals surface area contributed by atoms with E-state index in [4.69, 9.17) is 4.74 Å². The molecule has 2 N–H and O–H groups in total. The summed E-state index contributed by atoms with van der Waals surface area (Å²) in [5, 5.41) is 5.56. The highest BCUT2D eigenvalue weighted by Crippen LogP contribution is 2.37. The van der Waals surface area contributed by atoms with Gasteiger partial charge in [-0.25, -0.2) is 0 Å². The molecule has 0 saturated carbocycles. The van der Waals surface area contributed by atoms with Gasteiger partial charge in [0.2, 0.25) is 5.91 Å². The number of benzene rings is 2. The molecule has 0 bridgehead atoms. The largest absolute Gasteiger partial charge is 0.418 e. The average Bonchev–Trinajstić information content (AvgIpc) is 3.32. The number of ether oxygens (including phenoxy) is 1. The van der Waals surface area contributed by atoms with Crippen LogP contribution in [0.1, 0.15) is 43.7 Å². The number of amides is 1. The van der Waals surface area contributed by atoms with Crippen LogP contribution in [-0.4, -0.2) is 31.1 Å². The highest BCUT2D eigenvalue weighted by molar-refractivity contribution is 5.84. The van der Waals surface area contributed by atoms with E-state index in [-0.39, 0.29) is 44.0 Å². The molecule has 0 spiro atoms. The van der Waals surface area contributed by atoms with Crippen molar-refractivity contribution in [2.45, 2.75) is 51.5 Å². The third-order valence-corrected chi connectivity index (χ3v) is 6.56. The number of Topliss-reactive ketones (excluding diaryl/α,β-unsaturated/α-hetero) is 1. The quantitative estimate of drug-likeness (QED) is 0.349. The number of ketones is 1. The molecule has 1 unspecified atom stereocenters. The van der Waals surface area contributed by atoms with E-state index in [1.54, 1.807) is 24.3 Å². The summed E-state index contributed by atoms with van der Waals surface area (Å²) < 4.78 is 83.2. The van der Waals surface area contributed by atoms with Gasteiger partial charge in [-0.2, -0.15) is 26.3 Å². The first-order valence-electron chi connectivity index (χ1n) is 11.8. The van der Waals surface area contributed by atoms with Crippen molar-refractivity contribution in [2.75, 3.05) is 18.5 Å². The van der Waals surface area contributed by atoms with Crippen molar-refractivity contribution in [2.24, 2.45) is 11.3 Å². The molecule has 202 valence electrons. The molecule has 1 amide bonds. The molecule has 0 aromatic heterocycles. The Kier molecular flexibility index (Phi) is 8.88. The minimum Gasteiger partial charge on any atom is -0.380 e. The Morgan fingerprint density at radius 3 is 2.30 bits per heavy atom. The van der Waals surface area contributed by atoms with Crippen molar-refractivity contribution in [1.82, 2.24) is 5.32 Å². The van der Waals surface area contributed by atoms with Crippen LogP contribution in [0.2, 0.25) is 0 Å². The van der Waals surface area contributed by atoms with Crippen molar-refractivity contribution >= 4 is 23.1 Å². The van der Waals surface area contributed by atoms with Crippen molar-refractivity contribution < 1.29 is 40.7 Å². The number of rotatable bonds is 10. The van der Waals surface area contributed by atoms with E-state index in [2.05, 4.69) is 10.6 Å². The highest BCUT2D eigenvalue weighted by Gasteiger charge is 2.43. The monoisotopic (exact) mass is 530 g/mol. The normalized spacial score (nSPS) is 18.9. The van der Waals surface area contributed by atoms with Crippen molar-refractivity contribution in [3.05, 3.63) is 59.7 Å². The Morgan fingerprint density at radius 1 is 1.03 bits per heavy atom. The van der Waals surface area contributed by atoms with Crippen LogP contribution in [0.5, 0.6) is 0 Å². The molecule has 2 aromatic carbocycles. The smallest absolute Gasteiger partial charge is 0.380 e. The lowest BCUT2D eigenvalue weighted by molar-refractivity contribution is -0.177. The predicted molar refractivity (Wildman–Crippen MR) is 125 cm³/mol. The topological polar surface area (TPSA) is 67.4 Å². The minimum absolute atomic E-state index is 0.0812. The van der Waals surface area contributed by atoms with E-state index in [1.165, 1.54) is 18.2 Å². The van der Waals surface area contributed by atoms with Gasteiger partial charge in [0, 0.05) is 25.3 Å². The number of hydrogen-bond acceptors (Lipinski definition) is 4. The number of halogens is 6. The molecule has 1 fully saturated rings. The van der Waals surface area contributed by atoms with Gasteiger partial charge in [0.05, 0.1) is 23.3 Å². The van der Waals surface area contributed by atoms with Crippen molar-refractivity contribution in [3.63, 3.8) is 0 Å². The van der Waals surface area contributed by atoms with E-state index < -0.39 is 35.0 Å². The van der Waals surface area contributed by atoms with Crippen molar-refractivity contribution in [3.8, 4) is 0 Å². The zero-order valence-corrected chi connectivity index (χ0v) is 20.1. The summed E-state index contributed by atoms with van der Waals surface area (Å²) in [7, 11) is 0. The van der Waals surface area contributed by atoms with Crippen LogP contribution >= 0.6 is 0 Å². The van der Waals surface area contributed by atoms with E-state index in [0.717, 1.165) is 13.0 Å². The first kappa shape index (κ1) is 28.5. The van der Waals surface area contributed by atoms with Crippen LogP contribution in [-0.2, 0) is 27.0 Å². The molecule has 5 nitrogen and oxygen atoms in total. The molecular weight excluding hydrogens is 502 g/mol. The van der Waals surface area contributed by atoms with Gasteiger partial charge in [-0.15, -0.1) is 0 Å². The lowest BCUT2D eigenvalue weighted by Gasteiger charge is -2.26. The molecule has 0 aliphatic carbocycles. The van der Waals surface area contributed by atoms with Crippen LogP contribution < -0.4 is 10.6 Å². The molecule has 2 atom stereocenters. The van der Waals surface area contributed by atoms with E-state index in [9.17, 15) is 35.9 Å². The summed E-state index contributed by atoms with van der Waals surface area (Å²) in [6.45, 7) is 1.42. The Labute approximate surface area is 210 Å². The molecule has 2 aromatic rings. The predicted octanol–water partition coefficient (Wildman–Crippen LogP) is 6.41. The molecule has 3 rings (SSSR count). The fourth-order valence-electron chi connectivity index (χ4n) is 4.17. The van der Waals surface area contributed by atoms with Gasteiger partial charge in [-0.05, 0) is 56.0 Å². The van der Waals surface area contributed by atoms with Crippen LogP contribution in [0, 0.1) is 11.3 Å². The van der Waals surface area contributed by atoms with Gasteiger partial charge >= 0.3 is 12.4 Å². The number of alkyl halides is 6. The first-order valence-corrected chi connectivity index (χ1v) is 11.8. The number of para-hydroxylation sites is 1. The fourth-order valence-corrected chi connectivity index (χ4v) is 4.17. The SMILES string of the molecule is CC(C(=O)CCC[C@@]1(C(=O)NCc2ccc(Nc3ccccc3C(F)(F)F)cc2)CCOC1)C(F)(F)F. The number of carbonyl (C=O) groups excluding carboxylic acids is 2. The summed E-state index contributed by atoms with van der Waals surface area (Å²) in [6.07, 6.45) is -8.62. The molecular formula is C26H28F6N2O3. The molecule has 0 radical (unpaired) electrons. The third-order valence-electron chi connectivity index (χ3n) is 6.56. The molecule has 11 heteroatoms. The summed E-state index contributed by atoms with van der Waals surface area (Å²) in [5.41, 5.74) is -0.659. The second-order valence-corrected chi connectivity index (χ2v) is 9.21. The number of carbonyl (C=O) groups is 2. The summed E-state index contributed by atoms with van der Waals surface area (Å²) in [5.74, 6) is -3.27. The van der Waals surface area contributed by atoms with Gasteiger partial charge < -0.3 is 15.4 Å². The standard InChI is InChI=1S/C26H28F6N2O3/c1-17(25(27,28)29)22(35)7-4-12-24(13-14-37-16-24)23(36)33-15-18-8-10-19(11-9-18)34-21-6-3-2-5-20(21)26(30,31)32/h2-3,5-6,8-11,17,34H,4,7,12-16H2,1H3,(H,33,36)/t17?,24-/m1/s1. The molecule has 1 aliphatic heterocycles. The maximum atomic E-state index is 13.2. The Morgan fingerprint density at radius 2 is 1.70 bits per heavy atom. The lowest BCUT2D eigenvalue weighted by atomic mass is 9.80. The van der Waals surface area contributed by atoms with Crippen LogP contribution in [0.3, 0.4) is 0 Å². The second-order valence-electron chi connectivity index (χ2n) is 9.21. The lowest BCUT2D eigenvalue weighted by Crippen LogP contribution is -2.41. The van der Waals surface area contributed by atoms with E-state index in [1.807, 2.05) is 0 Å². The van der Waals surface area contributed by atoms with Gasteiger partial charge in [-0.1, -0.05) is 24.3 Å². The molecule has 1 heterocycles. The van der Waals surface area contributed by atoms with Gasteiger partial charge in [-0.3, -0.25) is 9.59 Å². The maximum absolute atomic E-state index is 13.2. The van der Waals surface area contributed by atoms with Crippen LogP contribution in [0.15, 0.2) is 48.5 Å². The Bertz CT molecular complexity index is 1080. The van der Waals surface area contributed by atoms with Crippen LogP contribution in [0.25, 0.3) is 0 Å². The van der Waals surface area contributed by atoms with E-state index in [0.29, 0.717) is 24.3 Å². The van der Waals surface area contributed by atoms with E-state index >= 15 is 0 Å². The highest BCUT2D eigenvalue weighted by atomic mass is 19.4. The summed E-state index contributed by atoms with van der Waals surface area (Å²) in [4.78, 5) is 24.8. The summed E-state index contributed by atoms with van der Waals surface area (Å²) >= 11 is 0. The zero-order chi connectivity index (χ0) is 27.3. The molecule has 1 saturated heterocycles. The minimum atomic E-state index is -4.59. The summed E-state index contributed by atoms with van der Waals surface area (Å²) in [6, 6.07) is 11.6. The fraction of sp³-hybridized carbons (Fsp3) is 0.462. The third kappa shape index (κ3) is 7.47. The van der Waals surface area contributed by atoms with Gasteiger partial charge in [0.1, 0.15) is 11.7 Å². The molecule has 37 heavy (non-hydrogen) atoms. The van der Waals surface area contributed by atoms with Gasteiger partial charge in [0.15, 0.2) is 0 Å². The second kappa shape index (κ2) is 11.5. The average molecular weight is 531 g/mol. The molecule has 1 aliphatic rings. The van der Waals surface area contributed by atoms with Crippen LogP contribution in [0.4, 0.5) is 37.7 Å². The first-order chi connectivity index (χ1) is 17.3. The maximum Gasteiger partial charge on any atom is 0.418 e. The Hall–Kier alpha value is -3.08. The van der Waals surface area contributed by atoms with Gasteiger partial charge in [0.25, 0.3) is 0 Å². The van der Waals surface area contributed by atoms with Crippen molar-refractivity contribution in [1.29, 1.82) is 0 Å². The number of hydrogen-bond donors (Lipinski definition) is 2. The number of nitrogens with one attached hydrogen (secondary N) is 2. The number of anilines is 2.